The third-order valence-electron chi connectivity index (χ3n) is 4.08. The second kappa shape index (κ2) is 8.28. The van der Waals surface area contributed by atoms with Crippen molar-refractivity contribution < 1.29 is 9.13 Å². The maximum Gasteiger partial charge on any atom is 0.191 e. The average molecular weight is 337 g/mol. The van der Waals surface area contributed by atoms with E-state index in [2.05, 4.69) is 20.6 Å². The fourth-order valence-electron chi connectivity index (χ4n) is 2.53. The molecule has 1 saturated heterocycles. The molecule has 24 heavy (non-hydrogen) atoms. The first-order valence-electron chi connectivity index (χ1n) is 8.40. The Morgan fingerprint density at radius 2 is 2.33 bits per heavy atom. The van der Waals surface area contributed by atoms with Gasteiger partial charge in [-0.25, -0.2) is 9.37 Å². The summed E-state index contributed by atoms with van der Waals surface area (Å²) in [5.74, 6) is 0.904. The summed E-state index contributed by atoms with van der Waals surface area (Å²) in [5.41, 5.74) is -0.304. The third kappa shape index (κ3) is 5.06. The summed E-state index contributed by atoms with van der Waals surface area (Å²) in [7, 11) is 1.69. The summed E-state index contributed by atoms with van der Waals surface area (Å²) in [5, 5.41) is 6.67. The molecule has 1 aliphatic rings. The molecule has 1 aromatic rings. The minimum Gasteiger partial charge on any atom is -0.377 e. The van der Waals surface area contributed by atoms with Crippen molar-refractivity contribution in [2.75, 3.05) is 38.2 Å². The Morgan fingerprint density at radius 3 is 3.00 bits per heavy atom. The van der Waals surface area contributed by atoms with Crippen molar-refractivity contribution in [3.63, 3.8) is 0 Å². The van der Waals surface area contributed by atoms with Gasteiger partial charge in [-0.1, -0.05) is 0 Å². The smallest absolute Gasteiger partial charge is 0.191 e. The number of aromatic nitrogens is 1. The number of hydrogen-bond donors (Lipinski definition) is 2. The lowest BCUT2D eigenvalue weighted by Crippen LogP contribution is -2.45. The van der Waals surface area contributed by atoms with Crippen molar-refractivity contribution in [2.24, 2.45) is 4.99 Å². The second-order valence-electron chi connectivity index (χ2n) is 6.54. The minimum absolute atomic E-state index is 0.204. The number of nitrogens with one attached hydrogen (secondary N) is 2. The van der Waals surface area contributed by atoms with E-state index >= 15 is 0 Å². The van der Waals surface area contributed by atoms with E-state index < -0.39 is 0 Å². The molecule has 0 radical (unpaired) electrons. The number of methoxy groups -OCH3 is 1. The molecule has 1 unspecified atom stereocenters. The van der Waals surface area contributed by atoms with Crippen molar-refractivity contribution in [1.82, 2.24) is 15.6 Å². The molecular weight excluding hydrogens is 309 g/mol. The van der Waals surface area contributed by atoms with Crippen LogP contribution in [0, 0.1) is 5.82 Å². The molecule has 0 amide bonds. The van der Waals surface area contributed by atoms with Gasteiger partial charge in [-0.05, 0) is 39.3 Å². The summed E-state index contributed by atoms with van der Waals surface area (Å²) in [4.78, 5) is 10.7. The highest BCUT2D eigenvalue weighted by molar-refractivity contribution is 5.80. The maximum atomic E-state index is 13.9. The Labute approximate surface area is 143 Å². The molecule has 0 saturated carbocycles. The zero-order chi connectivity index (χ0) is 17.6. The Kier molecular flexibility index (Phi) is 6.36. The Morgan fingerprint density at radius 1 is 1.54 bits per heavy atom. The van der Waals surface area contributed by atoms with Crippen molar-refractivity contribution in [2.45, 2.75) is 38.8 Å². The Balaban J connectivity index is 1.96. The molecule has 2 rings (SSSR count). The van der Waals surface area contributed by atoms with E-state index in [1.165, 1.54) is 6.07 Å². The van der Waals surface area contributed by atoms with Crippen LogP contribution in [0.25, 0.3) is 0 Å². The summed E-state index contributed by atoms with van der Waals surface area (Å²) >= 11 is 0. The molecular formula is C17H28FN5O. The van der Waals surface area contributed by atoms with E-state index in [-0.39, 0.29) is 17.5 Å². The number of aliphatic imine (C=N–C) groups is 1. The van der Waals surface area contributed by atoms with Gasteiger partial charge in [0.2, 0.25) is 0 Å². The van der Waals surface area contributed by atoms with E-state index in [1.54, 1.807) is 19.4 Å². The topological polar surface area (TPSA) is 61.8 Å². The number of hydrogen-bond acceptors (Lipinski definition) is 4. The predicted octanol–water partition coefficient (Wildman–Crippen LogP) is 1.78. The Hall–Kier alpha value is -1.89. The molecule has 0 spiro atoms. The number of anilines is 1. The van der Waals surface area contributed by atoms with Crippen LogP contribution in [0.2, 0.25) is 0 Å². The lowest BCUT2D eigenvalue weighted by atomic mass is 10.1. The van der Waals surface area contributed by atoms with Crippen LogP contribution in [0.3, 0.4) is 0 Å². The van der Waals surface area contributed by atoms with Crippen LogP contribution >= 0.6 is 0 Å². The number of guanidine groups is 1. The van der Waals surface area contributed by atoms with Crippen LogP contribution in [0.4, 0.5) is 10.2 Å². The van der Waals surface area contributed by atoms with Gasteiger partial charge in [0.25, 0.3) is 0 Å². The molecule has 6 nitrogen and oxygen atoms in total. The second-order valence-corrected chi connectivity index (χ2v) is 6.54. The first-order chi connectivity index (χ1) is 11.4. The van der Waals surface area contributed by atoms with E-state index in [4.69, 9.17) is 4.74 Å². The van der Waals surface area contributed by atoms with Gasteiger partial charge in [0.1, 0.15) is 0 Å². The zero-order valence-corrected chi connectivity index (χ0v) is 15.0. The minimum atomic E-state index is -0.304. The van der Waals surface area contributed by atoms with Crippen molar-refractivity contribution >= 4 is 11.8 Å². The van der Waals surface area contributed by atoms with Gasteiger partial charge in [0, 0.05) is 39.0 Å². The normalized spacial score (nSPS) is 18.8. The molecule has 1 aliphatic heterocycles. The number of rotatable bonds is 6. The van der Waals surface area contributed by atoms with Gasteiger partial charge in [-0.15, -0.1) is 0 Å². The fourth-order valence-corrected chi connectivity index (χ4v) is 2.53. The lowest BCUT2D eigenvalue weighted by molar-refractivity contribution is 0.0310. The standard InChI is InChI=1S/C17H28FN5O/c1-5-19-16(21-12-17(2,3)24-4)22-13-8-10-23(11-13)15-14(18)7-6-9-20-15/h6-7,9,13H,5,8,10-12H2,1-4H3,(H2,19,21,22). The first kappa shape index (κ1) is 18.4. The highest BCUT2D eigenvalue weighted by atomic mass is 19.1. The number of nitrogens with zero attached hydrogens (tertiary/aromatic N) is 3. The van der Waals surface area contributed by atoms with Crippen LogP contribution in [-0.2, 0) is 4.74 Å². The average Bonchev–Trinajstić information content (AvgIpc) is 3.02. The summed E-state index contributed by atoms with van der Waals surface area (Å²) in [6, 6.07) is 3.26. The van der Waals surface area contributed by atoms with Gasteiger partial charge >= 0.3 is 0 Å². The maximum absolute atomic E-state index is 13.9. The summed E-state index contributed by atoms with van der Waals surface area (Å²) in [6.45, 7) is 8.85. The third-order valence-corrected chi connectivity index (χ3v) is 4.08. The van der Waals surface area contributed by atoms with Crippen LogP contribution in [0.15, 0.2) is 23.3 Å². The molecule has 0 aromatic carbocycles. The molecule has 2 N–H and O–H groups in total. The van der Waals surface area contributed by atoms with E-state index in [9.17, 15) is 4.39 Å². The van der Waals surface area contributed by atoms with Gasteiger partial charge in [0.05, 0.1) is 12.1 Å². The number of halogens is 1. The van der Waals surface area contributed by atoms with Crippen molar-refractivity contribution in [3.8, 4) is 0 Å². The molecule has 7 heteroatoms. The van der Waals surface area contributed by atoms with E-state index in [0.29, 0.717) is 18.9 Å². The molecule has 1 aromatic heterocycles. The molecule has 134 valence electrons. The molecule has 1 atom stereocenters. The van der Waals surface area contributed by atoms with Gasteiger partial charge in [0.15, 0.2) is 17.6 Å². The SMILES string of the molecule is CCNC(=NCC(C)(C)OC)NC1CCN(c2ncccc2F)C1. The summed E-state index contributed by atoms with van der Waals surface area (Å²) in [6.07, 6.45) is 2.53. The molecule has 0 bridgehead atoms. The first-order valence-corrected chi connectivity index (χ1v) is 8.40. The number of pyridine rings is 1. The fraction of sp³-hybridized carbons (Fsp3) is 0.647. The van der Waals surface area contributed by atoms with Crippen LogP contribution in [0.1, 0.15) is 27.2 Å². The highest BCUT2D eigenvalue weighted by Gasteiger charge is 2.26. The molecule has 2 heterocycles. The quantitative estimate of drug-likeness (QED) is 0.612. The largest absolute Gasteiger partial charge is 0.377 e. The van der Waals surface area contributed by atoms with Crippen LogP contribution in [0.5, 0.6) is 0 Å². The van der Waals surface area contributed by atoms with Crippen molar-refractivity contribution in [1.29, 1.82) is 0 Å². The monoisotopic (exact) mass is 337 g/mol. The number of ether oxygens (including phenoxy) is 1. The van der Waals surface area contributed by atoms with Gasteiger partial charge in [-0.3, -0.25) is 4.99 Å². The molecule has 0 aliphatic carbocycles. The van der Waals surface area contributed by atoms with Crippen LogP contribution < -0.4 is 15.5 Å². The predicted molar refractivity (Wildman–Crippen MR) is 95.0 cm³/mol. The lowest BCUT2D eigenvalue weighted by Gasteiger charge is -2.23. The molecule has 1 fully saturated rings. The summed E-state index contributed by atoms with van der Waals surface area (Å²) < 4.78 is 19.3. The van der Waals surface area contributed by atoms with Gasteiger partial charge < -0.3 is 20.3 Å². The van der Waals surface area contributed by atoms with Crippen LogP contribution in [-0.4, -0.2) is 55.9 Å². The van der Waals surface area contributed by atoms with Crippen molar-refractivity contribution in [3.05, 3.63) is 24.1 Å². The zero-order valence-electron chi connectivity index (χ0n) is 15.0. The van der Waals surface area contributed by atoms with Gasteiger partial charge in [-0.2, -0.15) is 0 Å². The van der Waals surface area contributed by atoms with E-state index in [1.807, 2.05) is 25.7 Å². The highest BCUT2D eigenvalue weighted by Crippen LogP contribution is 2.20. The van der Waals surface area contributed by atoms with E-state index in [0.717, 1.165) is 25.5 Å². The Bertz CT molecular complexity index is 564.